The topological polar surface area (TPSA) is 56.7 Å². The minimum Gasteiger partial charge on any atom is -0.397 e. The molecule has 0 fully saturated rings. The van der Waals surface area contributed by atoms with Crippen molar-refractivity contribution in [1.82, 2.24) is 14.8 Å². The first-order valence-corrected chi connectivity index (χ1v) is 4.72. The van der Waals surface area contributed by atoms with Gasteiger partial charge in [0.05, 0.1) is 23.6 Å². The Morgan fingerprint density at radius 3 is 2.53 bits per heavy atom. The normalized spacial score (nSPS) is 11.8. The van der Waals surface area contributed by atoms with Crippen LogP contribution in [0.4, 0.5) is 18.9 Å². The van der Waals surface area contributed by atoms with E-state index in [4.69, 9.17) is 5.73 Å². The first kappa shape index (κ1) is 11.4. The van der Waals surface area contributed by atoms with E-state index in [9.17, 15) is 13.2 Å². The second-order valence-corrected chi connectivity index (χ2v) is 3.58. The van der Waals surface area contributed by atoms with Crippen molar-refractivity contribution in [2.75, 3.05) is 5.73 Å². The highest BCUT2D eigenvalue weighted by Crippen LogP contribution is 2.29. The highest BCUT2D eigenvalue weighted by atomic mass is 19.4. The van der Waals surface area contributed by atoms with Crippen LogP contribution < -0.4 is 5.73 Å². The van der Waals surface area contributed by atoms with Crippen LogP contribution in [0, 0.1) is 6.92 Å². The van der Waals surface area contributed by atoms with Crippen LogP contribution >= 0.6 is 0 Å². The third-order valence-corrected chi connectivity index (χ3v) is 2.20. The molecule has 0 saturated heterocycles. The molecule has 17 heavy (non-hydrogen) atoms. The molecule has 0 saturated carbocycles. The number of aryl methyl sites for hydroxylation is 1. The number of hydrogen-bond donors (Lipinski definition) is 1. The van der Waals surface area contributed by atoms with Gasteiger partial charge in [-0.1, -0.05) is 0 Å². The van der Waals surface area contributed by atoms with Gasteiger partial charge >= 0.3 is 6.18 Å². The number of alkyl halides is 3. The highest BCUT2D eigenvalue weighted by molar-refractivity contribution is 5.44. The fourth-order valence-electron chi connectivity index (χ4n) is 1.41. The lowest BCUT2D eigenvalue weighted by atomic mass is 10.2. The van der Waals surface area contributed by atoms with Gasteiger partial charge < -0.3 is 5.73 Å². The molecule has 0 atom stereocenters. The maximum absolute atomic E-state index is 12.4. The molecule has 0 bridgehead atoms. The Kier molecular flexibility index (Phi) is 2.53. The lowest BCUT2D eigenvalue weighted by Gasteiger charge is -2.05. The van der Waals surface area contributed by atoms with E-state index in [1.54, 1.807) is 13.0 Å². The molecule has 0 aliphatic heterocycles. The van der Waals surface area contributed by atoms with Crippen LogP contribution in [0.3, 0.4) is 0 Å². The molecule has 0 spiro atoms. The first-order valence-electron chi connectivity index (χ1n) is 4.72. The van der Waals surface area contributed by atoms with Crippen molar-refractivity contribution in [3.8, 4) is 5.82 Å². The van der Waals surface area contributed by atoms with Gasteiger partial charge in [-0.3, -0.25) is 0 Å². The van der Waals surface area contributed by atoms with E-state index < -0.39 is 11.7 Å². The van der Waals surface area contributed by atoms with Crippen molar-refractivity contribution in [2.24, 2.45) is 0 Å². The highest BCUT2D eigenvalue weighted by Gasteiger charge is 2.32. The molecule has 90 valence electrons. The predicted octanol–water partition coefficient (Wildman–Crippen LogP) is 2.18. The molecule has 2 rings (SSSR count). The summed E-state index contributed by atoms with van der Waals surface area (Å²) in [7, 11) is 0. The molecule has 2 aromatic heterocycles. The maximum Gasteiger partial charge on any atom is 0.419 e. The van der Waals surface area contributed by atoms with Gasteiger partial charge in [-0.05, 0) is 18.6 Å². The van der Waals surface area contributed by atoms with Gasteiger partial charge in [0.1, 0.15) is 0 Å². The van der Waals surface area contributed by atoms with Gasteiger partial charge in [0.15, 0.2) is 5.82 Å². The minimum absolute atomic E-state index is 0.328. The van der Waals surface area contributed by atoms with Crippen molar-refractivity contribution >= 4 is 5.69 Å². The summed E-state index contributed by atoms with van der Waals surface area (Å²) in [6, 6.07) is 1.62. The number of nitrogens with two attached hydrogens (primary N) is 1. The second kappa shape index (κ2) is 3.76. The Hall–Kier alpha value is -2.05. The molecule has 0 amide bonds. The Bertz CT molecular complexity index is 545. The number of anilines is 1. The summed E-state index contributed by atoms with van der Waals surface area (Å²) in [5.41, 5.74) is 5.81. The predicted molar refractivity (Wildman–Crippen MR) is 55.5 cm³/mol. The van der Waals surface area contributed by atoms with E-state index in [0.717, 1.165) is 17.1 Å². The first-order chi connectivity index (χ1) is 7.88. The fraction of sp³-hybridized carbons (Fsp3) is 0.200. The van der Waals surface area contributed by atoms with Crippen molar-refractivity contribution < 1.29 is 13.2 Å². The fourth-order valence-corrected chi connectivity index (χ4v) is 1.41. The average Bonchev–Trinajstić information content (AvgIpc) is 2.65. The van der Waals surface area contributed by atoms with Gasteiger partial charge in [-0.2, -0.15) is 18.3 Å². The van der Waals surface area contributed by atoms with Gasteiger partial charge in [-0.15, -0.1) is 0 Å². The third-order valence-electron chi connectivity index (χ3n) is 2.20. The van der Waals surface area contributed by atoms with Crippen molar-refractivity contribution in [3.05, 3.63) is 35.8 Å². The number of pyridine rings is 1. The smallest absolute Gasteiger partial charge is 0.397 e. The van der Waals surface area contributed by atoms with Gasteiger partial charge in [0.2, 0.25) is 0 Å². The summed E-state index contributed by atoms with van der Waals surface area (Å²) in [5, 5.41) is 3.64. The average molecular weight is 242 g/mol. The molecule has 0 aliphatic carbocycles. The molecule has 4 nitrogen and oxygen atoms in total. The Balaban J connectivity index is 2.44. The maximum atomic E-state index is 12.4. The summed E-state index contributed by atoms with van der Waals surface area (Å²) in [4.78, 5) is 3.95. The summed E-state index contributed by atoms with van der Waals surface area (Å²) in [5.74, 6) is 0.328. The van der Waals surface area contributed by atoms with Crippen molar-refractivity contribution in [2.45, 2.75) is 13.1 Å². The largest absolute Gasteiger partial charge is 0.419 e. The summed E-state index contributed by atoms with van der Waals surface area (Å²) >= 11 is 0. The minimum atomic E-state index is -4.40. The van der Waals surface area contributed by atoms with Gasteiger partial charge in [-0.25, -0.2) is 9.67 Å². The second-order valence-electron chi connectivity index (χ2n) is 3.58. The zero-order chi connectivity index (χ0) is 12.6. The van der Waals surface area contributed by atoms with E-state index in [2.05, 4.69) is 10.1 Å². The Morgan fingerprint density at radius 2 is 2.00 bits per heavy atom. The number of nitrogen functional groups attached to an aromatic ring is 1. The van der Waals surface area contributed by atoms with Crippen LogP contribution in [0.1, 0.15) is 11.1 Å². The van der Waals surface area contributed by atoms with E-state index in [-0.39, 0.29) is 0 Å². The molecular weight excluding hydrogens is 233 g/mol. The lowest BCUT2D eigenvalue weighted by molar-refractivity contribution is -0.137. The summed E-state index contributed by atoms with van der Waals surface area (Å²) in [6.45, 7) is 1.70. The zero-order valence-corrected chi connectivity index (χ0v) is 8.86. The Morgan fingerprint density at radius 1 is 1.29 bits per heavy atom. The number of aromatic nitrogens is 3. The molecule has 0 radical (unpaired) electrons. The summed E-state index contributed by atoms with van der Waals surface area (Å²) < 4.78 is 38.2. The van der Waals surface area contributed by atoms with Gasteiger partial charge in [0, 0.05) is 6.20 Å². The van der Waals surface area contributed by atoms with Crippen LogP contribution in [-0.4, -0.2) is 14.8 Å². The molecule has 0 aromatic carbocycles. The zero-order valence-electron chi connectivity index (χ0n) is 8.86. The van der Waals surface area contributed by atoms with Crippen molar-refractivity contribution in [1.29, 1.82) is 0 Å². The SMILES string of the molecule is Cc1cc(N)cnc1-n1cc(C(F)(F)F)cn1. The van der Waals surface area contributed by atoms with E-state index >= 15 is 0 Å². The standard InChI is InChI=1S/C10H9F3N4/c1-6-2-8(14)4-15-9(6)17-5-7(3-16-17)10(11,12)13/h2-5H,14H2,1H3. The monoisotopic (exact) mass is 242 g/mol. The van der Waals surface area contributed by atoms with Crippen LogP contribution in [0.15, 0.2) is 24.7 Å². The molecule has 2 aromatic rings. The van der Waals surface area contributed by atoms with Crippen LogP contribution in [0.25, 0.3) is 5.82 Å². The lowest BCUT2D eigenvalue weighted by Crippen LogP contribution is -2.04. The third kappa shape index (κ3) is 2.22. The number of halogens is 3. The van der Waals surface area contributed by atoms with E-state index in [0.29, 0.717) is 17.1 Å². The van der Waals surface area contributed by atoms with Crippen molar-refractivity contribution in [3.63, 3.8) is 0 Å². The number of rotatable bonds is 1. The van der Waals surface area contributed by atoms with E-state index in [1.807, 2.05) is 0 Å². The van der Waals surface area contributed by atoms with Gasteiger partial charge in [0.25, 0.3) is 0 Å². The molecule has 7 heteroatoms. The van der Waals surface area contributed by atoms with Crippen LogP contribution in [-0.2, 0) is 6.18 Å². The summed E-state index contributed by atoms with van der Waals surface area (Å²) in [6.07, 6.45) is -1.37. The van der Waals surface area contributed by atoms with Crippen LogP contribution in [0.2, 0.25) is 0 Å². The number of hydrogen-bond acceptors (Lipinski definition) is 3. The molecule has 0 aliphatic rings. The quantitative estimate of drug-likeness (QED) is 0.833. The number of nitrogens with zero attached hydrogens (tertiary/aromatic N) is 3. The molecule has 0 unspecified atom stereocenters. The molecule has 2 N–H and O–H groups in total. The Labute approximate surface area is 94.9 Å². The van der Waals surface area contributed by atoms with E-state index in [1.165, 1.54) is 6.20 Å². The van der Waals surface area contributed by atoms with Crippen LogP contribution in [0.5, 0.6) is 0 Å². The molecular formula is C10H9F3N4. The molecule has 2 heterocycles.